The van der Waals surface area contributed by atoms with Gasteiger partial charge in [0.2, 0.25) is 0 Å². The first kappa shape index (κ1) is 19.8. The predicted molar refractivity (Wildman–Crippen MR) is 112 cm³/mol. The molecule has 3 nitrogen and oxygen atoms in total. The molecule has 1 aliphatic heterocycles. The van der Waals surface area contributed by atoms with E-state index in [1.165, 1.54) is 11.6 Å². The molecule has 0 bridgehead atoms. The Bertz CT molecular complexity index is 918. The Morgan fingerprint density at radius 3 is 2.31 bits per heavy atom. The molecular formula is C25H26FNO2. The van der Waals surface area contributed by atoms with E-state index in [1.54, 1.807) is 18.2 Å². The van der Waals surface area contributed by atoms with E-state index in [1.807, 2.05) is 48.5 Å². The summed E-state index contributed by atoms with van der Waals surface area (Å²) in [7, 11) is 0. The third kappa shape index (κ3) is 4.56. The van der Waals surface area contributed by atoms with Crippen LogP contribution in [0.2, 0.25) is 0 Å². The molecule has 1 fully saturated rings. The molecule has 0 aliphatic carbocycles. The Morgan fingerprint density at radius 1 is 0.931 bits per heavy atom. The van der Waals surface area contributed by atoms with Crippen LogP contribution in [0, 0.1) is 5.82 Å². The summed E-state index contributed by atoms with van der Waals surface area (Å²) < 4.78 is 20.5. The average molecular weight is 391 g/mol. The largest absolute Gasteiger partial charge is 0.382 e. The molecule has 3 aromatic rings. The first-order valence-electron chi connectivity index (χ1n) is 10.0. The van der Waals surface area contributed by atoms with Gasteiger partial charge in [0.25, 0.3) is 0 Å². The van der Waals surface area contributed by atoms with Gasteiger partial charge in [0.05, 0.1) is 6.61 Å². The highest BCUT2D eigenvalue weighted by Crippen LogP contribution is 2.34. The molecule has 4 rings (SSSR count). The van der Waals surface area contributed by atoms with Crippen LogP contribution in [0.3, 0.4) is 0 Å². The van der Waals surface area contributed by atoms with Crippen LogP contribution in [0.15, 0.2) is 84.9 Å². The fraction of sp³-hybridized carbons (Fsp3) is 0.280. The maximum atomic E-state index is 14.4. The van der Waals surface area contributed by atoms with Gasteiger partial charge in [0.1, 0.15) is 17.5 Å². The molecule has 1 heterocycles. The highest BCUT2D eigenvalue weighted by Gasteiger charge is 2.42. The molecule has 1 aliphatic rings. The smallest absolute Gasteiger partial charge is 0.126 e. The molecule has 0 spiro atoms. The van der Waals surface area contributed by atoms with Crippen molar-refractivity contribution < 1.29 is 14.2 Å². The van der Waals surface area contributed by atoms with E-state index in [0.717, 1.165) is 18.7 Å². The lowest BCUT2D eigenvalue weighted by Crippen LogP contribution is -2.53. The normalized spacial score (nSPS) is 19.6. The summed E-state index contributed by atoms with van der Waals surface area (Å²) in [5.74, 6) is -0.307. The van der Waals surface area contributed by atoms with E-state index in [0.29, 0.717) is 18.7 Å². The zero-order valence-corrected chi connectivity index (χ0v) is 16.4. The van der Waals surface area contributed by atoms with Crippen molar-refractivity contribution in [3.63, 3.8) is 0 Å². The summed E-state index contributed by atoms with van der Waals surface area (Å²) in [4.78, 5) is 2.29. The molecule has 3 aromatic carbocycles. The van der Waals surface area contributed by atoms with Gasteiger partial charge in [-0.25, -0.2) is 4.39 Å². The van der Waals surface area contributed by atoms with Crippen LogP contribution in [0.25, 0.3) is 0 Å². The van der Waals surface area contributed by atoms with Crippen molar-refractivity contribution in [2.75, 3.05) is 19.7 Å². The lowest BCUT2D eigenvalue weighted by Gasteiger charge is -2.42. The standard InChI is InChI=1S/C25H26FNO2/c26-23-14-8-7-11-21(23)17-25(28,22-12-5-2-6-13-22)24-19-27(15-16-29-24)18-20-9-3-1-4-10-20/h1-14,24,28H,15-19H2/t24-,25?/m0/s1. The lowest BCUT2D eigenvalue weighted by atomic mass is 9.81. The minimum atomic E-state index is -1.32. The molecule has 1 N–H and O–H groups in total. The number of ether oxygens (including phenoxy) is 1. The Morgan fingerprint density at radius 2 is 1.59 bits per heavy atom. The Kier molecular flexibility index (Phi) is 6.05. The summed E-state index contributed by atoms with van der Waals surface area (Å²) in [6.45, 7) is 2.71. The Hall–Kier alpha value is -2.53. The maximum Gasteiger partial charge on any atom is 0.126 e. The second-order valence-corrected chi connectivity index (χ2v) is 7.64. The summed E-state index contributed by atoms with van der Waals surface area (Å²) in [6, 6.07) is 26.4. The third-order valence-corrected chi connectivity index (χ3v) is 5.62. The fourth-order valence-electron chi connectivity index (χ4n) is 4.04. The van der Waals surface area contributed by atoms with E-state index < -0.39 is 11.7 Å². The van der Waals surface area contributed by atoms with Crippen molar-refractivity contribution in [1.29, 1.82) is 0 Å². The van der Waals surface area contributed by atoms with Crippen LogP contribution in [0.4, 0.5) is 4.39 Å². The van der Waals surface area contributed by atoms with Crippen molar-refractivity contribution in [3.05, 3.63) is 107 Å². The number of nitrogens with zero attached hydrogens (tertiary/aromatic N) is 1. The number of rotatable bonds is 6. The van der Waals surface area contributed by atoms with Crippen LogP contribution in [-0.4, -0.2) is 35.8 Å². The minimum Gasteiger partial charge on any atom is -0.382 e. The van der Waals surface area contributed by atoms with Crippen LogP contribution < -0.4 is 0 Å². The van der Waals surface area contributed by atoms with Gasteiger partial charge >= 0.3 is 0 Å². The molecule has 29 heavy (non-hydrogen) atoms. The molecule has 0 radical (unpaired) electrons. The molecule has 1 saturated heterocycles. The van der Waals surface area contributed by atoms with Gasteiger partial charge in [0, 0.05) is 26.1 Å². The van der Waals surface area contributed by atoms with E-state index in [2.05, 4.69) is 17.0 Å². The second-order valence-electron chi connectivity index (χ2n) is 7.64. The van der Waals surface area contributed by atoms with Crippen LogP contribution in [0.1, 0.15) is 16.7 Å². The molecule has 4 heteroatoms. The van der Waals surface area contributed by atoms with E-state index >= 15 is 0 Å². The Labute approximate surface area is 171 Å². The first-order chi connectivity index (χ1) is 14.1. The molecule has 2 atom stereocenters. The highest BCUT2D eigenvalue weighted by molar-refractivity contribution is 5.29. The Balaban J connectivity index is 1.61. The number of benzene rings is 3. The number of halogens is 1. The number of morpholine rings is 1. The number of hydrogen-bond acceptors (Lipinski definition) is 3. The van der Waals surface area contributed by atoms with Crippen LogP contribution in [-0.2, 0) is 23.3 Å². The molecule has 1 unspecified atom stereocenters. The van der Waals surface area contributed by atoms with Gasteiger partial charge in [0.15, 0.2) is 0 Å². The summed E-state index contributed by atoms with van der Waals surface area (Å²) in [5, 5.41) is 11.9. The molecular weight excluding hydrogens is 365 g/mol. The third-order valence-electron chi connectivity index (χ3n) is 5.62. The van der Waals surface area contributed by atoms with Crippen molar-refractivity contribution in [2.45, 2.75) is 24.7 Å². The van der Waals surface area contributed by atoms with Gasteiger partial charge in [-0.15, -0.1) is 0 Å². The molecule has 0 amide bonds. The first-order valence-corrected chi connectivity index (χ1v) is 10.0. The average Bonchev–Trinajstić information content (AvgIpc) is 2.77. The summed E-state index contributed by atoms with van der Waals surface area (Å²) >= 11 is 0. The van der Waals surface area contributed by atoms with Gasteiger partial charge in [-0.2, -0.15) is 0 Å². The summed E-state index contributed by atoms with van der Waals surface area (Å²) in [6.07, 6.45) is -0.296. The van der Waals surface area contributed by atoms with Crippen LogP contribution >= 0.6 is 0 Å². The van der Waals surface area contributed by atoms with E-state index in [4.69, 9.17) is 4.74 Å². The quantitative estimate of drug-likeness (QED) is 0.685. The van der Waals surface area contributed by atoms with E-state index in [9.17, 15) is 9.50 Å². The van der Waals surface area contributed by atoms with Gasteiger partial charge in [-0.1, -0.05) is 78.9 Å². The van der Waals surface area contributed by atoms with E-state index in [-0.39, 0.29) is 12.2 Å². The maximum absolute atomic E-state index is 14.4. The minimum absolute atomic E-state index is 0.160. The summed E-state index contributed by atoms with van der Waals surface area (Å²) in [5.41, 5.74) is 1.14. The van der Waals surface area contributed by atoms with Gasteiger partial charge in [-0.3, -0.25) is 4.90 Å². The second kappa shape index (κ2) is 8.87. The highest BCUT2D eigenvalue weighted by atomic mass is 19.1. The number of hydrogen-bond donors (Lipinski definition) is 1. The molecule has 150 valence electrons. The van der Waals surface area contributed by atoms with Crippen molar-refractivity contribution in [1.82, 2.24) is 4.90 Å². The zero-order chi connectivity index (χ0) is 20.1. The number of aliphatic hydroxyl groups is 1. The fourth-order valence-corrected chi connectivity index (χ4v) is 4.04. The molecule has 0 aromatic heterocycles. The zero-order valence-electron chi connectivity index (χ0n) is 16.4. The lowest BCUT2D eigenvalue weighted by molar-refractivity contribution is -0.150. The SMILES string of the molecule is OC(Cc1ccccc1F)(c1ccccc1)[C@@H]1CN(Cc2ccccc2)CCO1. The predicted octanol–water partition coefficient (Wildman–Crippen LogP) is 4.16. The van der Waals surface area contributed by atoms with Gasteiger partial charge in [-0.05, 0) is 22.8 Å². The van der Waals surface area contributed by atoms with Crippen molar-refractivity contribution >= 4 is 0 Å². The monoisotopic (exact) mass is 391 g/mol. The van der Waals surface area contributed by atoms with Crippen molar-refractivity contribution in [3.8, 4) is 0 Å². The molecule has 0 saturated carbocycles. The van der Waals surface area contributed by atoms with Crippen molar-refractivity contribution in [2.24, 2.45) is 0 Å². The van der Waals surface area contributed by atoms with Gasteiger partial charge < -0.3 is 9.84 Å². The van der Waals surface area contributed by atoms with Crippen LogP contribution in [0.5, 0.6) is 0 Å². The topological polar surface area (TPSA) is 32.7 Å².